The van der Waals surface area contributed by atoms with Gasteiger partial charge >= 0.3 is 58.2 Å². The summed E-state index contributed by atoms with van der Waals surface area (Å²) in [6.45, 7) is 2.66. The van der Waals surface area contributed by atoms with Gasteiger partial charge < -0.3 is 5.73 Å². The van der Waals surface area contributed by atoms with Gasteiger partial charge in [-0.2, -0.15) is 0 Å². The summed E-state index contributed by atoms with van der Waals surface area (Å²) in [7, 11) is 0. The molecule has 14 heavy (non-hydrogen) atoms. The van der Waals surface area contributed by atoms with Gasteiger partial charge in [-0.1, -0.05) is 36.2 Å². The van der Waals surface area contributed by atoms with E-state index in [1.165, 1.54) is 30.4 Å². The zero-order valence-electron chi connectivity index (χ0n) is 9.14. The number of rotatable bonds is 2. The van der Waals surface area contributed by atoms with Crippen molar-refractivity contribution in [1.82, 2.24) is 0 Å². The van der Waals surface area contributed by atoms with Gasteiger partial charge in [-0.25, -0.2) is 0 Å². The van der Waals surface area contributed by atoms with Gasteiger partial charge in [0.2, 0.25) is 0 Å². The molecule has 0 heterocycles. The van der Waals surface area contributed by atoms with Crippen LogP contribution in [0.25, 0.3) is 5.73 Å². The van der Waals surface area contributed by atoms with Crippen LogP contribution in [0.5, 0.6) is 0 Å². The number of aryl methyl sites for hydroxylation is 1. The predicted molar refractivity (Wildman–Crippen MR) is 55.9 cm³/mol. The van der Waals surface area contributed by atoms with Gasteiger partial charge in [0.25, 0.3) is 0 Å². The summed E-state index contributed by atoms with van der Waals surface area (Å²) in [5.41, 5.74) is 10.5. The molecule has 0 radical (unpaired) electrons. The first kappa shape index (κ1) is 13.1. The van der Waals surface area contributed by atoms with Crippen LogP contribution in [0.1, 0.15) is 30.4 Å². The molecule has 1 nitrogen and oxygen atoms in total. The van der Waals surface area contributed by atoms with Gasteiger partial charge in [0.05, 0.1) is 0 Å². The molecule has 0 bridgehead atoms. The average Bonchev–Trinajstić information content (AvgIpc) is 2.07. The Morgan fingerprint density at radius 2 is 1.79 bits per heavy atom. The van der Waals surface area contributed by atoms with Crippen LogP contribution < -0.4 is 58.2 Å². The van der Waals surface area contributed by atoms with E-state index in [-0.39, 0.29) is 63.6 Å². The topological polar surface area (TPSA) is 23.8 Å². The fourth-order valence-electron chi connectivity index (χ4n) is 2.08. The standard InChI is InChI=1S/C12H16N.Rb/c1-10-3-5-11(6-4-10)12(9-13)7-2-8-12;/h3-6,13H,2,7-9H2,1H3;/q-1;+1. The Morgan fingerprint density at radius 3 is 2.14 bits per heavy atom. The summed E-state index contributed by atoms with van der Waals surface area (Å²) in [6.07, 6.45) is 3.71. The molecule has 0 amide bonds. The van der Waals surface area contributed by atoms with E-state index in [1.54, 1.807) is 0 Å². The zero-order chi connectivity index (χ0) is 9.31. The molecule has 1 aromatic rings. The first-order chi connectivity index (χ1) is 6.27. The molecule has 1 fully saturated rings. The summed E-state index contributed by atoms with van der Waals surface area (Å²) in [4.78, 5) is 0. The van der Waals surface area contributed by atoms with Crippen molar-refractivity contribution in [3.05, 3.63) is 41.1 Å². The summed E-state index contributed by atoms with van der Waals surface area (Å²) >= 11 is 0. The SMILES string of the molecule is Cc1ccc(C2(C[NH-])CCC2)cc1.[Rb+]. The Hall–Kier alpha value is 0.985. The van der Waals surface area contributed by atoms with Gasteiger partial charge in [-0.15, -0.1) is 6.54 Å². The normalized spacial score (nSPS) is 18.1. The third-order valence-electron chi connectivity index (χ3n) is 3.31. The Labute approximate surface area is 135 Å². The number of nitrogens with one attached hydrogen (secondary N) is 1. The molecule has 0 aromatic heterocycles. The Morgan fingerprint density at radius 1 is 1.21 bits per heavy atom. The molecule has 0 aliphatic heterocycles. The minimum absolute atomic E-state index is 0. The Bertz CT molecular complexity index is 282. The van der Waals surface area contributed by atoms with E-state index in [9.17, 15) is 0 Å². The van der Waals surface area contributed by atoms with Gasteiger partial charge in [0, 0.05) is 0 Å². The van der Waals surface area contributed by atoms with E-state index in [2.05, 4.69) is 31.2 Å². The Balaban J connectivity index is 0.000000980. The molecule has 1 saturated carbocycles. The van der Waals surface area contributed by atoms with Crippen molar-refractivity contribution >= 4 is 0 Å². The van der Waals surface area contributed by atoms with Crippen LogP contribution in [0, 0.1) is 6.92 Å². The van der Waals surface area contributed by atoms with Crippen molar-refractivity contribution in [2.45, 2.75) is 31.6 Å². The fraction of sp³-hybridized carbons (Fsp3) is 0.500. The van der Waals surface area contributed by atoms with E-state index >= 15 is 0 Å². The monoisotopic (exact) mass is 259 g/mol. The second-order valence-electron chi connectivity index (χ2n) is 4.18. The zero-order valence-corrected chi connectivity index (χ0v) is 14.1. The molecule has 2 heteroatoms. The molecule has 70 valence electrons. The van der Waals surface area contributed by atoms with Crippen LogP contribution in [0.2, 0.25) is 0 Å². The van der Waals surface area contributed by atoms with E-state index in [0.717, 1.165) is 0 Å². The Kier molecular flexibility index (Phi) is 4.99. The molecule has 0 unspecified atom stereocenters. The average molecular weight is 260 g/mol. The van der Waals surface area contributed by atoms with Crippen molar-refractivity contribution in [2.75, 3.05) is 6.54 Å². The second kappa shape index (κ2) is 5.35. The summed E-state index contributed by atoms with van der Waals surface area (Å²) in [5.74, 6) is 0. The minimum atomic E-state index is 0. The number of benzene rings is 1. The van der Waals surface area contributed by atoms with Crippen molar-refractivity contribution in [2.24, 2.45) is 0 Å². The van der Waals surface area contributed by atoms with Crippen LogP contribution in [0.3, 0.4) is 0 Å². The molecule has 1 aromatic carbocycles. The van der Waals surface area contributed by atoms with Crippen LogP contribution in [0.4, 0.5) is 0 Å². The second-order valence-corrected chi connectivity index (χ2v) is 4.18. The predicted octanol–water partition coefficient (Wildman–Crippen LogP) is 0.473. The first-order valence-corrected chi connectivity index (χ1v) is 4.99. The van der Waals surface area contributed by atoms with Crippen molar-refractivity contribution in [1.29, 1.82) is 0 Å². The summed E-state index contributed by atoms with van der Waals surface area (Å²) < 4.78 is 0. The summed E-state index contributed by atoms with van der Waals surface area (Å²) in [5, 5.41) is 0. The molecular formula is C12H16NRb. The van der Waals surface area contributed by atoms with E-state index in [4.69, 9.17) is 5.73 Å². The molecular weight excluding hydrogens is 244 g/mol. The molecule has 1 N–H and O–H groups in total. The van der Waals surface area contributed by atoms with Crippen LogP contribution in [-0.2, 0) is 5.41 Å². The molecule has 2 rings (SSSR count). The smallest absolute Gasteiger partial charge is 0.677 e. The maximum atomic E-state index is 7.60. The minimum Gasteiger partial charge on any atom is -0.677 e. The fourth-order valence-corrected chi connectivity index (χ4v) is 2.08. The van der Waals surface area contributed by atoms with E-state index in [1.807, 2.05) is 0 Å². The molecule has 0 saturated heterocycles. The van der Waals surface area contributed by atoms with Crippen molar-refractivity contribution in [3.8, 4) is 0 Å². The molecule has 0 atom stereocenters. The van der Waals surface area contributed by atoms with Gasteiger partial charge in [0.1, 0.15) is 0 Å². The third kappa shape index (κ3) is 2.38. The third-order valence-corrected chi connectivity index (χ3v) is 3.31. The molecule has 1 aliphatic carbocycles. The van der Waals surface area contributed by atoms with Crippen molar-refractivity contribution in [3.63, 3.8) is 0 Å². The van der Waals surface area contributed by atoms with Crippen LogP contribution in [-0.4, -0.2) is 6.54 Å². The van der Waals surface area contributed by atoms with Crippen LogP contribution in [0.15, 0.2) is 24.3 Å². The maximum Gasteiger partial charge on any atom is 1.00 e. The van der Waals surface area contributed by atoms with Gasteiger partial charge in [-0.3, -0.25) is 0 Å². The number of hydrogen-bond acceptors (Lipinski definition) is 0. The summed E-state index contributed by atoms with van der Waals surface area (Å²) in [6, 6.07) is 8.71. The van der Waals surface area contributed by atoms with Gasteiger partial charge in [-0.05, 0) is 30.7 Å². The quantitative estimate of drug-likeness (QED) is 0.738. The van der Waals surface area contributed by atoms with Gasteiger partial charge in [0.15, 0.2) is 0 Å². The number of hydrogen-bond donors (Lipinski definition) is 0. The molecule has 0 spiro atoms. The maximum absolute atomic E-state index is 7.60. The van der Waals surface area contributed by atoms with E-state index < -0.39 is 0 Å². The largest absolute Gasteiger partial charge is 1.00 e. The van der Waals surface area contributed by atoms with Crippen LogP contribution >= 0.6 is 0 Å². The first-order valence-electron chi connectivity index (χ1n) is 4.99. The molecule has 1 aliphatic rings. The van der Waals surface area contributed by atoms with E-state index in [0.29, 0.717) is 6.54 Å². The van der Waals surface area contributed by atoms with Crippen molar-refractivity contribution < 1.29 is 58.2 Å².